The molecule has 116 valence electrons. The van der Waals surface area contributed by atoms with Gasteiger partial charge in [-0.25, -0.2) is 13.1 Å². The van der Waals surface area contributed by atoms with Gasteiger partial charge in [0.05, 0.1) is 30.2 Å². The Hall–Kier alpha value is -1.71. The van der Waals surface area contributed by atoms with Gasteiger partial charge in [0.2, 0.25) is 10.0 Å². The minimum Gasteiger partial charge on any atom is -0.329 e. The molecule has 2 aromatic heterocycles. The molecule has 3 N–H and O–H groups in total. The smallest absolute Gasteiger partial charge is 0.244 e. The minimum absolute atomic E-state index is 0.143. The van der Waals surface area contributed by atoms with Crippen LogP contribution in [0.15, 0.2) is 17.2 Å². The summed E-state index contributed by atoms with van der Waals surface area (Å²) in [5.74, 6) is 0. The Kier molecular flexibility index (Phi) is 4.45. The van der Waals surface area contributed by atoms with Crippen molar-refractivity contribution in [2.24, 2.45) is 12.8 Å². The van der Waals surface area contributed by atoms with Gasteiger partial charge in [0.1, 0.15) is 4.90 Å². The molecule has 0 radical (unpaired) electrons. The minimum atomic E-state index is -3.63. The van der Waals surface area contributed by atoms with Crippen LogP contribution in [0, 0.1) is 13.8 Å². The first-order valence-electron chi connectivity index (χ1n) is 6.57. The molecule has 21 heavy (non-hydrogen) atoms. The van der Waals surface area contributed by atoms with E-state index in [4.69, 9.17) is 5.73 Å². The van der Waals surface area contributed by atoms with Crippen LogP contribution >= 0.6 is 0 Å². The number of aromatic nitrogens is 4. The molecule has 0 bridgehead atoms. The SMILES string of the molecule is Cc1nn(CCN)c(C)c1S(=O)(=O)NCc1ccn(C)n1. The van der Waals surface area contributed by atoms with Crippen LogP contribution in [0.1, 0.15) is 17.1 Å². The summed E-state index contributed by atoms with van der Waals surface area (Å²) in [6.07, 6.45) is 1.76. The summed E-state index contributed by atoms with van der Waals surface area (Å²) in [5, 5.41) is 8.36. The second-order valence-corrected chi connectivity index (χ2v) is 6.52. The summed E-state index contributed by atoms with van der Waals surface area (Å²) in [4.78, 5) is 0.215. The lowest BCUT2D eigenvalue weighted by Crippen LogP contribution is -2.25. The molecule has 0 aliphatic rings. The second kappa shape index (κ2) is 5.96. The highest BCUT2D eigenvalue weighted by atomic mass is 32.2. The van der Waals surface area contributed by atoms with Gasteiger partial charge in [-0.2, -0.15) is 10.2 Å². The number of sulfonamides is 1. The fraction of sp³-hybridized carbons (Fsp3) is 0.500. The van der Waals surface area contributed by atoms with Crippen LogP contribution in [-0.4, -0.2) is 34.5 Å². The maximum absolute atomic E-state index is 12.4. The van der Waals surface area contributed by atoms with E-state index in [1.54, 1.807) is 42.5 Å². The molecule has 0 saturated heterocycles. The molecule has 0 spiro atoms. The van der Waals surface area contributed by atoms with E-state index in [1.165, 1.54) is 0 Å². The van der Waals surface area contributed by atoms with Gasteiger partial charge in [-0.1, -0.05) is 0 Å². The number of nitrogens with zero attached hydrogens (tertiary/aromatic N) is 4. The van der Waals surface area contributed by atoms with Gasteiger partial charge in [0.15, 0.2) is 0 Å². The van der Waals surface area contributed by atoms with E-state index >= 15 is 0 Å². The fourth-order valence-electron chi connectivity index (χ4n) is 2.21. The first-order valence-corrected chi connectivity index (χ1v) is 8.05. The molecule has 0 saturated carbocycles. The standard InChI is InChI=1S/C12H20N6O2S/c1-9-12(10(2)18(15-9)7-5-13)21(19,20)14-8-11-4-6-17(3)16-11/h4,6,14H,5,7-8,13H2,1-3H3. The number of nitrogens with two attached hydrogens (primary N) is 1. The van der Waals surface area contributed by atoms with Gasteiger partial charge >= 0.3 is 0 Å². The van der Waals surface area contributed by atoms with Crippen molar-refractivity contribution in [3.63, 3.8) is 0 Å². The van der Waals surface area contributed by atoms with Crippen molar-refractivity contribution in [1.29, 1.82) is 0 Å². The summed E-state index contributed by atoms with van der Waals surface area (Å²) >= 11 is 0. The van der Waals surface area contributed by atoms with Gasteiger partial charge < -0.3 is 5.73 Å². The third kappa shape index (κ3) is 3.31. The predicted octanol–water partition coefficient (Wildman–Crippen LogP) is -0.329. The third-order valence-electron chi connectivity index (χ3n) is 3.14. The highest BCUT2D eigenvalue weighted by Gasteiger charge is 2.24. The molecule has 0 aliphatic heterocycles. The molecule has 0 fully saturated rings. The lowest BCUT2D eigenvalue weighted by molar-refractivity contribution is 0.575. The van der Waals surface area contributed by atoms with E-state index in [1.807, 2.05) is 0 Å². The number of aryl methyl sites for hydroxylation is 2. The monoisotopic (exact) mass is 312 g/mol. The van der Waals surface area contributed by atoms with E-state index in [0.29, 0.717) is 30.2 Å². The van der Waals surface area contributed by atoms with Crippen LogP contribution in [0.2, 0.25) is 0 Å². The molecule has 2 rings (SSSR count). The fourth-order valence-corrected chi connectivity index (χ4v) is 3.61. The maximum Gasteiger partial charge on any atom is 0.244 e. The Morgan fingerprint density at radius 1 is 1.33 bits per heavy atom. The number of nitrogens with one attached hydrogen (secondary N) is 1. The topological polar surface area (TPSA) is 108 Å². The summed E-state index contributed by atoms with van der Waals surface area (Å²) in [6, 6.07) is 1.76. The van der Waals surface area contributed by atoms with Crippen molar-refractivity contribution < 1.29 is 8.42 Å². The molecule has 0 aromatic carbocycles. The van der Waals surface area contributed by atoms with Crippen molar-refractivity contribution in [3.05, 3.63) is 29.3 Å². The Morgan fingerprint density at radius 2 is 2.05 bits per heavy atom. The maximum atomic E-state index is 12.4. The van der Waals surface area contributed by atoms with Gasteiger partial charge in [0.25, 0.3) is 0 Å². The number of rotatable bonds is 6. The molecule has 2 heterocycles. The first-order chi connectivity index (χ1) is 9.85. The normalized spacial score (nSPS) is 12.0. The second-order valence-electron chi connectivity index (χ2n) is 4.82. The summed E-state index contributed by atoms with van der Waals surface area (Å²) in [6.45, 7) is 4.44. The quantitative estimate of drug-likeness (QED) is 0.759. The number of hydrogen-bond donors (Lipinski definition) is 2. The Bertz CT molecular complexity index is 731. The summed E-state index contributed by atoms with van der Waals surface area (Å²) in [7, 11) is -1.85. The van der Waals surface area contributed by atoms with Crippen molar-refractivity contribution >= 4 is 10.0 Å². The van der Waals surface area contributed by atoms with E-state index in [9.17, 15) is 8.42 Å². The van der Waals surface area contributed by atoms with Gasteiger partial charge in [-0.05, 0) is 19.9 Å². The highest BCUT2D eigenvalue weighted by Crippen LogP contribution is 2.19. The largest absolute Gasteiger partial charge is 0.329 e. The van der Waals surface area contributed by atoms with Gasteiger partial charge in [-0.3, -0.25) is 9.36 Å². The molecular formula is C12H20N6O2S. The third-order valence-corrected chi connectivity index (χ3v) is 4.79. The number of hydrogen-bond acceptors (Lipinski definition) is 5. The molecule has 0 aliphatic carbocycles. The average molecular weight is 312 g/mol. The Labute approximate surface area is 124 Å². The predicted molar refractivity (Wildman–Crippen MR) is 78.0 cm³/mol. The lowest BCUT2D eigenvalue weighted by atomic mass is 10.4. The van der Waals surface area contributed by atoms with E-state index in [2.05, 4.69) is 14.9 Å². The summed E-state index contributed by atoms with van der Waals surface area (Å²) < 4.78 is 30.7. The van der Waals surface area contributed by atoms with Crippen molar-refractivity contribution in [2.45, 2.75) is 31.8 Å². The van der Waals surface area contributed by atoms with Crippen molar-refractivity contribution in [3.8, 4) is 0 Å². The van der Waals surface area contributed by atoms with E-state index in [0.717, 1.165) is 0 Å². The zero-order valence-corrected chi connectivity index (χ0v) is 13.2. The van der Waals surface area contributed by atoms with Crippen molar-refractivity contribution in [2.75, 3.05) is 6.54 Å². The van der Waals surface area contributed by atoms with E-state index < -0.39 is 10.0 Å². The Balaban J connectivity index is 2.23. The molecule has 8 nitrogen and oxygen atoms in total. The van der Waals surface area contributed by atoms with Crippen LogP contribution in [0.25, 0.3) is 0 Å². The van der Waals surface area contributed by atoms with Gasteiger partial charge in [-0.15, -0.1) is 0 Å². The van der Waals surface area contributed by atoms with Crippen LogP contribution in [-0.2, 0) is 30.2 Å². The summed E-state index contributed by atoms with van der Waals surface area (Å²) in [5.41, 5.74) is 7.21. The molecule has 0 amide bonds. The first kappa shape index (κ1) is 15.7. The molecule has 9 heteroatoms. The average Bonchev–Trinajstić information content (AvgIpc) is 2.93. The zero-order valence-electron chi connectivity index (χ0n) is 12.4. The Morgan fingerprint density at radius 3 is 2.62 bits per heavy atom. The molecular weight excluding hydrogens is 292 g/mol. The molecule has 0 atom stereocenters. The molecule has 0 unspecified atom stereocenters. The highest BCUT2D eigenvalue weighted by molar-refractivity contribution is 7.89. The van der Waals surface area contributed by atoms with Crippen LogP contribution < -0.4 is 10.5 Å². The van der Waals surface area contributed by atoms with Crippen LogP contribution in [0.3, 0.4) is 0 Å². The zero-order chi connectivity index (χ0) is 15.6. The molecule has 2 aromatic rings. The van der Waals surface area contributed by atoms with Crippen molar-refractivity contribution in [1.82, 2.24) is 24.3 Å². The lowest BCUT2D eigenvalue weighted by Gasteiger charge is -2.06. The van der Waals surface area contributed by atoms with E-state index in [-0.39, 0.29) is 11.4 Å². The van der Waals surface area contributed by atoms with Crippen LogP contribution in [0.4, 0.5) is 0 Å². The van der Waals surface area contributed by atoms with Crippen LogP contribution in [0.5, 0.6) is 0 Å². The van der Waals surface area contributed by atoms with Gasteiger partial charge in [0, 0.05) is 19.8 Å².